The molecule has 0 fully saturated rings. The lowest BCUT2D eigenvalue weighted by Gasteiger charge is -2.06. The molecule has 1 aromatic carbocycles. The van der Waals surface area contributed by atoms with Crippen molar-refractivity contribution in [3.8, 4) is 11.5 Å². The molecule has 3 heterocycles. The van der Waals surface area contributed by atoms with Gasteiger partial charge in [-0.3, -0.25) is 4.79 Å². The van der Waals surface area contributed by atoms with Crippen molar-refractivity contribution < 1.29 is 13.9 Å². The molecular formula is C20H16N4O4S. The summed E-state index contributed by atoms with van der Waals surface area (Å²) in [5, 5.41) is 0.479. The molecule has 3 aromatic heterocycles. The number of oxazole rings is 1. The van der Waals surface area contributed by atoms with Gasteiger partial charge in [-0.2, -0.15) is 0 Å². The Bertz CT molecular complexity index is 1250. The lowest BCUT2D eigenvalue weighted by Crippen LogP contribution is -2.16. The van der Waals surface area contributed by atoms with Gasteiger partial charge >= 0.3 is 5.97 Å². The van der Waals surface area contributed by atoms with Crippen molar-refractivity contribution in [2.24, 2.45) is 0 Å². The second kappa shape index (κ2) is 7.88. The van der Waals surface area contributed by atoms with Crippen molar-refractivity contribution in [2.75, 3.05) is 7.11 Å². The zero-order valence-corrected chi connectivity index (χ0v) is 16.4. The fourth-order valence-electron chi connectivity index (χ4n) is 2.81. The number of methoxy groups -OCH3 is 1. The van der Waals surface area contributed by atoms with Crippen molar-refractivity contribution in [3.63, 3.8) is 0 Å². The molecule has 8 nitrogen and oxygen atoms in total. The first-order chi connectivity index (χ1) is 14.0. The van der Waals surface area contributed by atoms with Crippen molar-refractivity contribution in [1.82, 2.24) is 19.9 Å². The molecule has 0 radical (unpaired) electrons. The van der Waals surface area contributed by atoms with Gasteiger partial charge in [-0.15, -0.1) is 0 Å². The van der Waals surface area contributed by atoms with Gasteiger partial charge in [0.25, 0.3) is 5.56 Å². The molecule has 9 heteroatoms. The van der Waals surface area contributed by atoms with Crippen LogP contribution in [0, 0.1) is 6.92 Å². The number of benzene rings is 1. The highest BCUT2D eigenvalue weighted by molar-refractivity contribution is 7.98. The number of carbonyl (C=O) groups excluding carboxylic acids is 1. The van der Waals surface area contributed by atoms with Crippen LogP contribution >= 0.6 is 11.8 Å². The van der Waals surface area contributed by atoms with E-state index in [1.807, 2.05) is 30.3 Å². The Morgan fingerprint density at radius 2 is 2.03 bits per heavy atom. The molecule has 146 valence electrons. The Morgan fingerprint density at radius 3 is 2.79 bits per heavy atom. The van der Waals surface area contributed by atoms with Crippen molar-refractivity contribution in [2.45, 2.75) is 17.8 Å². The first kappa shape index (κ1) is 18.9. The van der Waals surface area contributed by atoms with Gasteiger partial charge in [0, 0.05) is 11.3 Å². The summed E-state index contributed by atoms with van der Waals surface area (Å²) in [5.74, 6) is 0.984. The van der Waals surface area contributed by atoms with Gasteiger partial charge < -0.3 is 14.1 Å². The number of aromatic nitrogens is 4. The molecule has 0 amide bonds. The van der Waals surface area contributed by atoms with Crippen molar-refractivity contribution >= 4 is 28.8 Å². The predicted octanol–water partition coefficient (Wildman–Crippen LogP) is 3.36. The fourth-order valence-corrected chi connectivity index (χ4v) is 3.54. The standard InChI is InChI=1S/C20H16N4O4S/c1-11-8-14(19(26)27-2)15-16(22-11)23-20(24-17(15)25)29-10-13-9-21-18(28-13)12-6-4-3-5-7-12/h3-9H,10H2,1-2H3,(H,22,23,24,25). The summed E-state index contributed by atoms with van der Waals surface area (Å²) in [4.78, 5) is 40.2. The molecule has 0 bridgehead atoms. The second-order valence-corrected chi connectivity index (χ2v) is 7.12. The summed E-state index contributed by atoms with van der Waals surface area (Å²) in [6, 6.07) is 11.1. The Balaban J connectivity index is 1.60. The molecule has 4 rings (SSSR count). The summed E-state index contributed by atoms with van der Waals surface area (Å²) in [6.45, 7) is 1.72. The highest BCUT2D eigenvalue weighted by atomic mass is 32.2. The number of ether oxygens (including phenoxy) is 1. The monoisotopic (exact) mass is 408 g/mol. The number of carbonyl (C=O) groups is 1. The van der Waals surface area contributed by atoms with E-state index in [9.17, 15) is 9.59 Å². The van der Waals surface area contributed by atoms with Crippen LogP contribution in [0.15, 0.2) is 57.0 Å². The van der Waals surface area contributed by atoms with Crippen LogP contribution in [0.4, 0.5) is 0 Å². The Labute approximate surface area is 169 Å². The number of hydrogen-bond acceptors (Lipinski definition) is 8. The van der Waals surface area contributed by atoms with Crippen LogP contribution in [0.3, 0.4) is 0 Å². The predicted molar refractivity (Wildman–Crippen MR) is 108 cm³/mol. The Morgan fingerprint density at radius 1 is 1.24 bits per heavy atom. The molecule has 0 aliphatic heterocycles. The number of aromatic amines is 1. The molecule has 0 saturated heterocycles. The zero-order chi connectivity index (χ0) is 20.4. The van der Waals surface area contributed by atoms with Gasteiger partial charge in [0.15, 0.2) is 10.8 Å². The third-order valence-electron chi connectivity index (χ3n) is 4.11. The molecule has 0 unspecified atom stereocenters. The molecule has 29 heavy (non-hydrogen) atoms. The number of thioether (sulfide) groups is 1. The third-order valence-corrected chi connectivity index (χ3v) is 5.01. The van der Waals surface area contributed by atoms with Gasteiger partial charge in [0.1, 0.15) is 5.76 Å². The average molecular weight is 408 g/mol. The van der Waals surface area contributed by atoms with Crippen LogP contribution in [-0.4, -0.2) is 33.0 Å². The SMILES string of the molecule is COC(=O)c1cc(C)nc2nc(SCc3cnc(-c4ccccc4)o3)[nH]c(=O)c12. The van der Waals surface area contributed by atoms with Gasteiger partial charge in [0.2, 0.25) is 5.89 Å². The second-order valence-electron chi connectivity index (χ2n) is 6.16. The molecule has 0 aliphatic carbocycles. The summed E-state index contributed by atoms with van der Waals surface area (Å²) < 4.78 is 10.5. The van der Waals surface area contributed by atoms with E-state index in [2.05, 4.69) is 19.9 Å². The number of nitrogens with zero attached hydrogens (tertiary/aromatic N) is 3. The summed E-state index contributed by atoms with van der Waals surface area (Å²) >= 11 is 1.28. The molecule has 0 spiro atoms. The number of hydrogen-bond donors (Lipinski definition) is 1. The fraction of sp³-hybridized carbons (Fsp3) is 0.150. The van der Waals surface area contributed by atoms with Gasteiger partial charge in [-0.1, -0.05) is 30.0 Å². The normalized spacial score (nSPS) is 11.0. The summed E-state index contributed by atoms with van der Waals surface area (Å²) in [5.41, 5.74) is 1.33. The van der Waals surface area contributed by atoms with Crippen molar-refractivity contribution in [3.05, 3.63) is 70.0 Å². The highest BCUT2D eigenvalue weighted by Crippen LogP contribution is 2.24. The van der Waals surface area contributed by atoms with E-state index in [-0.39, 0.29) is 16.6 Å². The van der Waals surface area contributed by atoms with E-state index in [0.29, 0.717) is 28.3 Å². The number of nitrogens with one attached hydrogen (secondary N) is 1. The van der Waals surface area contributed by atoms with Gasteiger partial charge in [-0.25, -0.2) is 19.7 Å². The quantitative estimate of drug-likeness (QED) is 0.304. The number of H-pyrrole nitrogens is 1. The van der Waals surface area contributed by atoms with Crippen LogP contribution in [0.25, 0.3) is 22.5 Å². The number of esters is 1. The molecule has 0 saturated carbocycles. The lowest BCUT2D eigenvalue weighted by molar-refractivity contribution is 0.0602. The minimum atomic E-state index is -0.608. The first-order valence-electron chi connectivity index (χ1n) is 8.68. The van der Waals surface area contributed by atoms with Crippen LogP contribution in [0.1, 0.15) is 21.8 Å². The number of fused-ring (bicyclic) bond motifs is 1. The van der Waals surface area contributed by atoms with Crippen LogP contribution in [-0.2, 0) is 10.5 Å². The van der Waals surface area contributed by atoms with Crippen LogP contribution in [0.5, 0.6) is 0 Å². The number of pyridine rings is 1. The van der Waals surface area contributed by atoms with E-state index in [1.165, 1.54) is 24.9 Å². The highest BCUT2D eigenvalue weighted by Gasteiger charge is 2.18. The first-order valence-corrected chi connectivity index (χ1v) is 9.66. The number of aryl methyl sites for hydroxylation is 1. The van der Waals surface area contributed by atoms with E-state index >= 15 is 0 Å². The minimum absolute atomic E-state index is 0.109. The lowest BCUT2D eigenvalue weighted by atomic mass is 10.1. The molecular weight excluding hydrogens is 392 g/mol. The van der Waals surface area contributed by atoms with E-state index in [4.69, 9.17) is 9.15 Å². The van der Waals surface area contributed by atoms with E-state index in [0.717, 1.165) is 5.56 Å². The number of rotatable bonds is 5. The summed E-state index contributed by atoms with van der Waals surface area (Å²) in [6.07, 6.45) is 1.65. The third kappa shape index (κ3) is 3.90. The van der Waals surface area contributed by atoms with E-state index in [1.54, 1.807) is 13.1 Å². The largest absolute Gasteiger partial charge is 0.465 e. The van der Waals surface area contributed by atoms with Crippen LogP contribution < -0.4 is 5.56 Å². The maximum Gasteiger partial charge on any atom is 0.338 e. The van der Waals surface area contributed by atoms with Crippen molar-refractivity contribution in [1.29, 1.82) is 0 Å². The van der Waals surface area contributed by atoms with Gasteiger partial charge in [-0.05, 0) is 25.1 Å². The molecule has 0 aliphatic rings. The smallest absolute Gasteiger partial charge is 0.338 e. The van der Waals surface area contributed by atoms with Gasteiger partial charge in [0.05, 0.1) is 30.0 Å². The molecule has 1 N–H and O–H groups in total. The Hall–Kier alpha value is -3.46. The minimum Gasteiger partial charge on any atom is -0.465 e. The maximum atomic E-state index is 12.6. The summed E-state index contributed by atoms with van der Waals surface area (Å²) in [7, 11) is 1.26. The average Bonchev–Trinajstić information content (AvgIpc) is 3.20. The topological polar surface area (TPSA) is 111 Å². The molecule has 4 aromatic rings. The van der Waals surface area contributed by atoms with Crippen LogP contribution in [0.2, 0.25) is 0 Å². The Kier molecular flexibility index (Phi) is 5.13. The molecule has 0 atom stereocenters. The zero-order valence-electron chi connectivity index (χ0n) is 15.6. The van der Waals surface area contributed by atoms with E-state index < -0.39 is 11.5 Å². The maximum absolute atomic E-state index is 12.6.